The summed E-state index contributed by atoms with van der Waals surface area (Å²) < 4.78 is 0. The van der Waals surface area contributed by atoms with Crippen LogP contribution >= 0.6 is 0 Å². The van der Waals surface area contributed by atoms with Gasteiger partial charge in [-0.3, -0.25) is 10.1 Å². The molecule has 0 fully saturated rings. The third kappa shape index (κ3) is 4.30. The van der Waals surface area contributed by atoms with Crippen LogP contribution in [0.25, 0.3) is 0 Å². The molecular formula is C16H26N2O2. The molecule has 0 aliphatic heterocycles. The molecule has 20 heavy (non-hydrogen) atoms. The molecule has 0 bridgehead atoms. The molecule has 0 spiro atoms. The van der Waals surface area contributed by atoms with E-state index in [9.17, 15) is 10.1 Å². The molecule has 0 radical (unpaired) electrons. The van der Waals surface area contributed by atoms with Gasteiger partial charge in [0, 0.05) is 17.7 Å². The Labute approximate surface area is 121 Å². The molecule has 1 N–H and O–H groups in total. The second kappa shape index (κ2) is 8.00. The molecule has 2 atom stereocenters. The highest BCUT2D eigenvalue weighted by atomic mass is 16.6. The molecule has 0 aliphatic rings. The number of rotatable bonds is 8. The zero-order valence-electron chi connectivity index (χ0n) is 13.0. The number of nitrogens with one attached hydrogen (secondary N) is 1. The van der Waals surface area contributed by atoms with Gasteiger partial charge in [-0.15, -0.1) is 0 Å². The highest BCUT2D eigenvalue weighted by Crippen LogP contribution is 2.24. The first-order valence-corrected chi connectivity index (χ1v) is 7.47. The Kier molecular flexibility index (Phi) is 6.65. The van der Waals surface area contributed by atoms with Crippen LogP contribution in [-0.4, -0.2) is 17.5 Å². The van der Waals surface area contributed by atoms with E-state index in [4.69, 9.17) is 0 Å². The van der Waals surface area contributed by atoms with E-state index in [1.807, 2.05) is 13.0 Å². The van der Waals surface area contributed by atoms with Crippen LogP contribution in [0.3, 0.4) is 0 Å². The highest BCUT2D eigenvalue weighted by molar-refractivity contribution is 5.44. The largest absolute Gasteiger partial charge is 0.314 e. The molecule has 0 saturated carbocycles. The Bertz CT molecular complexity index is 446. The van der Waals surface area contributed by atoms with E-state index in [1.54, 1.807) is 12.1 Å². The number of nitro groups is 1. The maximum absolute atomic E-state index is 11.0. The minimum Gasteiger partial charge on any atom is -0.314 e. The average molecular weight is 278 g/mol. The van der Waals surface area contributed by atoms with Gasteiger partial charge in [0.15, 0.2) is 0 Å². The van der Waals surface area contributed by atoms with Gasteiger partial charge in [0.2, 0.25) is 0 Å². The number of nitro benzene ring substituents is 1. The van der Waals surface area contributed by atoms with Crippen molar-refractivity contribution in [3.05, 3.63) is 39.4 Å². The maximum Gasteiger partial charge on any atom is 0.272 e. The van der Waals surface area contributed by atoms with Gasteiger partial charge in [0.05, 0.1) is 4.92 Å². The van der Waals surface area contributed by atoms with Crippen LogP contribution in [0.15, 0.2) is 18.2 Å². The van der Waals surface area contributed by atoms with Crippen LogP contribution in [-0.2, 0) is 6.42 Å². The Hall–Kier alpha value is -1.42. The van der Waals surface area contributed by atoms with Gasteiger partial charge in [0.25, 0.3) is 5.69 Å². The van der Waals surface area contributed by atoms with Crippen LogP contribution < -0.4 is 5.32 Å². The van der Waals surface area contributed by atoms with Crippen LogP contribution in [0.4, 0.5) is 5.69 Å². The SMILES string of the molecule is CCCNC(CC)C(C)Cc1cccc([N+](=O)[O-])c1C. The van der Waals surface area contributed by atoms with Gasteiger partial charge >= 0.3 is 0 Å². The normalized spacial score (nSPS) is 14.0. The first-order chi connectivity index (χ1) is 9.51. The van der Waals surface area contributed by atoms with Crippen LogP contribution in [0.2, 0.25) is 0 Å². The van der Waals surface area contributed by atoms with Crippen molar-refractivity contribution < 1.29 is 4.92 Å². The van der Waals surface area contributed by atoms with Gasteiger partial charge < -0.3 is 5.32 Å². The summed E-state index contributed by atoms with van der Waals surface area (Å²) in [6.07, 6.45) is 3.08. The van der Waals surface area contributed by atoms with Gasteiger partial charge in [-0.2, -0.15) is 0 Å². The van der Waals surface area contributed by atoms with Crippen molar-refractivity contribution >= 4 is 5.69 Å². The standard InChI is InChI=1S/C16H26N2O2/c1-5-10-17-15(6-2)12(3)11-14-8-7-9-16(13(14)4)18(19)20/h7-9,12,15,17H,5-6,10-11H2,1-4H3. The molecule has 4 heteroatoms. The highest BCUT2D eigenvalue weighted by Gasteiger charge is 2.19. The molecule has 0 amide bonds. The topological polar surface area (TPSA) is 55.2 Å². The fraction of sp³-hybridized carbons (Fsp3) is 0.625. The van der Waals surface area contributed by atoms with Crippen LogP contribution in [0.5, 0.6) is 0 Å². The lowest BCUT2D eigenvalue weighted by atomic mass is 9.90. The summed E-state index contributed by atoms with van der Waals surface area (Å²) in [5.74, 6) is 0.465. The van der Waals surface area contributed by atoms with Crippen molar-refractivity contribution in [3.8, 4) is 0 Å². The van der Waals surface area contributed by atoms with Crippen LogP contribution in [0, 0.1) is 23.0 Å². The molecular weight excluding hydrogens is 252 g/mol. The van der Waals surface area contributed by atoms with Crippen molar-refractivity contribution in [3.63, 3.8) is 0 Å². The van der Waals surface area contributed by atoms with E-state index in [1.165, 1.54) is 0 Å². The first-order valence-electron chi connectivity index (χ1n) is 7.47. The summed E-state index contributed by atoms with van der Waals surface area (Å²) in [6, 6.07) is 5.84. The Morgan fingerprint density at radius 1 is 1.35 bits per heavy atom. The molecule has 0 aliphatic carbocycles. The molecule has 0 aromatic heterocycles. The van der Waals surface area contributed by atoms with Crippen LogP contribution in [0.1, 0.15) is 44.7 Å². The predicted octanol–water partition coefficient (Wildman–Crippen LogP) is 3.86. The van der Waals surface area contributed by atoms with Crippen molar-refractivity contribution in [2.24, 2.45) is 5.92 Å². The molecule has 112 valence electrons. The fourth-order valence-corrected chi connectivity index (χ4v) is 2.66. The summed E-state index contributed by atoms with van der Waals surface area (Å²) in [7, 11) is 0. The minimum absolute atomic E-state index is 0.226. The number of hydrogen-bond donors (Lipinski definition) is 1. The second-order valence-electron chi connectivity index (χ2n) is 5.47. The maximum atomic E-state index is 11.0. The van der Waals surface area contributed by atoms with E-state index < -0.39 is 0 Å². The van der Waals surface area contributed by atoms with E-state index >= 15 is 0 Å². The van der Waals surface area contributed by atoms with Crippen molar-refractivity contribution in [1.29, 1.82) is 0 Å². The fourth-order valence-electron chi connectivity index (χ4n) is 2.66. The predicted molar refractivity (Wildman–Crippen MR) is 83.1 cm³/mol. The van der Waals surface area contributed by atoms with Crippen molar-refractivity contribution in [1.82, 2.24) is 5.32 Å². The molecule has 1 rings (SSSR count). The molecule has 1 aromatic rings. The lowest BCUT2D eigenvalue weighted by molar-refractivity contribution is -0.385. The van der Waals surface area contributed by atoms with Crippen molar-refractivity contribution in [2.75, 3.05) is 6.54 Å². The molecule has 0 saturated heterocycles. The number of benzene rings is 1. The van der Waals surface area contributed by atoms with Crippen molar-refractivity contribution in [2.45, 2.75) is 53.0 Å². The van der Waals surface area contributed by atoms with E-state index in [-0.39, 0.29) is 10.6 Å². The van der Waals surface area contributed by atoms with E-state index in [0.29, 0.717) is 12.0 Å². The molecule has 0 heterocycles. The zero-order chi connectivity index (χ0) is 15.1. The van der Waals surface area contributed by atoms with Gasteiger partial charge in [-0.05, 0) is 44.2 Å². The third-order valence-electron chi connectivity index (χ3n) is 3.94. The lowest BCUT2D eigenvalue weighted by Crippen LogP contribution is -2.36. The monoisotopic (exact) mass is 278 g/mol. The summed E-state index contributed by atoms with van der Waals surface area (Å²) in [5.41, 5.74) is 2.11. The molecule has 4 nitrogen and oxygen atoms in total. The summed E-state index contributed by atoms with van der Waals surface area (Å²) in [5, 5.41) is 14.5. The summed E-state index contributed by atoms with van der Waals surface area (Å²) >= 11 is 0. The minimum atomic E-state index is -0.295. The third-order valence-corrected chi connectivity index (χ3v) is 3.94. The average Bonchev–Trinajstić information content (AvgIpc) is 2.41. The first kappa shape index (κ1) is 16.6. The number of nitrogens with zero attached hydrogens (tertiary/aromatic N) is 1. The quantitative estimate of drug-likeness (QED) is 0.580. The smallest absolute Gasteiger partial charge is 0.272 e. The summed E-state index contributed by atoms with van der Waals surface area (Å²) in [4.78, 5) is 10.7. The Balaban J connectivity index is 2.81. The van der Waals surface area contributed by atoms with Gasteiger partial charge in [0.1, 0.15) is 0 Å². The molecule has 1 aromatic carbocycles. The van der Waals surface area contributed by atoms with E-state index in [0.717, 1.165) is 36.9 Å². The zero-order valence-corrected chi connectivity index (χ0v) is 13.0. The summed E-state index contributed by atoms with van der Waals surface area (Å²) in [6.45, 7) is 9.44. The lowest BCUT2D eigenvalue weighted by Gasteiger charge is -2.24. The van der Waals surface area contributed by atoms with Gasteiger partial charge in [-0.25, -0.2) is 0 Å². The second-order valence-corrected chi connectivity index (χ2v) is 5.47. The van der Waals surface area contributed by atoms with E-state index in [2.05, 4.69) is 26.1 Å². The molecule has 2 unspecified atom stereocenters. The number of hydrogen-bond acceptors (Lipinski definition) is 3. The Morgan fingerprint density at radius 2 is 2.05 bits per heavy atom. The van der Waals surface area contributed by atoms with Gasteiger partial charge in [-0.1, -0.05) is 32.9 Å². The Morgan fingerprint density at radius 3 is 2.60 bits per heavy atom.